The second-order valence-corrected chi connectivity index (χ2v) is 8.14. The summed E-state index contributed by atoms with van der Waals surface area (Å²) < 4.78 is 0. The fraction of sp³-hybridized carbons (Fsp3) is 0.591. The maximum Gasteiger partial charge on any atom is 0.241 e. The normalized spacial score (nSPS) is 20.3. The van der Waals surface area contributed by atoms with Crippen LogP contribution >= 0.6 is 0 Å². The molecule has 2 aliphatic rings. The van der Waals surface area contributed by atoms with Gasteiger partial charge in [-0.3, -0.25) is 24.2 Å². The van der Waals surface area contributed by atoms with Crippen LogP contribution < -0.4 is 15.5 Å². The van der Waals surface area contributed by atoms with Crippen LogP contribution in [0.3, 0.4) is 0 Å². The summed E-state index contributed by atoms with van der Waals surface area (Å²) in [5, 5.41) is 5.85. The maximum absolute atomic E-state index is 13.2. The Hall–Kier alpha value is -2.45. The molecule has 1 aromatic rings. The van der Waals surface area contributed by atoms with Gasteiger partial charge < -0.3 is 15.5 Å². The predicted molar refractivity (Wildman–Crippen MR) is 117 cm³/mol. The minimum Gasteiger partial charge on any atom is -0.355 e. The fourth-order valence-electron chi connectivity index (χ4n) is 4.00. The first-order chi connectivity index (χ1) is 14.5. The number of rotatable bonds is 7. The molecule has 2 aliphatic heterocycles. The summed E-state index contributed by atoms with van der Waals surface area (Å²) in [6.07, 6.45) is 2.35. The molecule has 2 N–H and O–H groups in total. The number of unbranched alkanes of at least 4 members (excludes halogenated alkanes) is 1. The molecule has 1 fully saturated rings. The molecule has 2 heterocycles. The van der Waals surface area contributed by atoms with Crippen LogP contribution in [0.15, 0.2) is 24.3 Å². The van der Waals surface area contributed by atoms with Gasteiger partial charge in [0.15, 0.2) is 0 Å². The van der Waals surface area contributed by atoms with Crippen LogP contribution in [-0.2, 0) is 14.4 Å². The molecule has 1 atom stereocenters. The molecule has 30 heavy (non-hydrogen) atoms. The Labute approximate surface area is 178 Å². The van der Waals surface area contributed by atoms with E-state index in [1.165, 1.54) is 0 Å². The first kappa shape index (κ1) is 22.2. The Morgan fingerprint density at radius 3 is 2.47 bits per heavy atom. The van der Waals surface area contributed by atoms with Crippen molar-refractivity contribution >= 4 is 29.1 Å². The summed E-state index contributed by atoms with van der Waals surface area (Å²) in [5.41, 5.74) is 1.43. The Balaban J connectivity index is 1.53. The van der Waals surface area contributed by atoms with Crippen LogP contribution in [0.4, 0.5) is 11.4 Å². The van der Waals surface area contributed by atoms with Crippen molar-refractivity contribution in [2.24, 2.45) is 0 Å². The van der Waals surface area contributed by atoms with E-state index in [4.69, 9.17) is 0 Å². The Morgan fingerprint density at radius 2 is 1.77 bits per heavy atom. The molecule has 8 heteroatoms. The highest BCUT2D eigenvalue weighted by molar-refractivity contribution is 6.04. The van der Waals surface area contributed by atoms with E-state index in [1.54, 1.807) is 4.90 Å². The van der Waals surface area contributed by atoms with Gasteiger partial charge in [0.1, 0.15) is 0 Å². The Morgan fingerprint density at radius 1 is 1.10 bits per heavy atom. The highest BCUT2D eigenvalue weighted by atomic mass is 16.2. The highest BCUT2D eigenvalue weighted by Crippen LogP contribution is 2.31. The highest BCUT2D eigenvalue weighted by Gasteiger charge is 2.31. The number of hydrogen-bond donors (Lipinski definition) is 2. The molecule has 1 unspecified atom stereocenters. The number of anilines is 2. The summed E-state index contributed by atoms with van der Waals surface area (Å²) in [6.45, 7) is 8.49. The maximum atomic E-state index is 13.2. The second-order valence-electron chi connectivity index (χ2n) is 8.14. The molecule has 1 saturated heterocycles. The minimum atomic E-state index is -0.200. The van der Waals surface area contributed by atoms with Gasteiger partial charge in [-0.15, -0.1) is 0 Å². The lowest BCUT2D eigenvalue weighted by Crippen LogP contribution is -2.53. The van der Waals surface area contributed by atoms with E-state index >= 15 is 0 Å². The first-order valence-corrected chi connectivity index (χ1v) is 10.9. The molecule has 8 nitrogen and oxygen atoms in total. The number of nitrogens with zero attached hydrogens (tertiary/aromatic N) is 3. The van der Waals surface area contributed by atoms with Crippen LogP contribution in [-0.4, -0.2) is 79.4 Å². The largest absolute Gasteiger partial charge is 0.355 e. The van der Waals surface area contributed by atoms with Crippen molar-refractivity contribution in [3.63, 3.8) is 0 Å². The van der Waals surface area contributed by atoms with Crippen LogP contribution in [0.2, 0.25) is 0 Å². The van der Waals surface area contributed by atoms with E-state index in [0.29, 0.717) is 18.8 Å². The number of amides is 3. The number of hydrogen-bond acceptors (Lipinski definition) is 5. The Bertz CT molecular complexity index is 761. The summed E-state index contributed by atoms with van der Waals surface area (Å²) in [7, 11) is 0. The summed E-state index contributed by atoms with van der Waals surface area (Å²) in [5.74, 6) is -0.00608. The lowest BCUT2D eigenvalue weighted by Gasteiger charge is -2.36. The van der Waals surface area contributed by atoms with E-state index in [0.717, 1.165) is 51.3 Å². The molecule has 0 aliphatic carbocycles. The van der Waals surface area contributed by atoms with Crippen LogP contribution in [0.25, 0.3) is 0 Å². The summed E-state index contributed by atoms with van der Waals surface area (Å²) in [6, 6.07) is 7.25. The third-order valence-electron chi connectivity index (χ3n) is 5.67. The third-order valence-corrected chi connectivity index (χ3v) is 5.67. The zero-order chi connectivity index (χ0) is 21.5. The summed E-state index contributed by atoms with van der Waals surface area (Å²) in [4.78, 5) is 43.3. The molecule has 0 saturated carbocycles. The number of fused-ring (bicyclic) bond motifs is 1. The molecular weight excluding hydrogens is 382 g/mol. The standard InChI is InChI=1S/C22H33N5O3/c1-3-4-9-23-21(29)15-25-10-12-26(13-11-25)16-22(30)27-17(2)14-20(28)24-18-7-5-6-8-19(18)27/h5-8,17H,3-4,9-16H2,1-2H3,(H,23,29)(H,24,28). The zero-order valence-corrected chi connectivity index (χ0v) is 18.0. The van der Waals surface area contributed by atoms with Gasteiger partial charge in [-0.1, -0.05) is 25.5 Å². The number of nitrogens with one attached hydrogen (secondary N) is 2. The molecule has 1 aromatic carbocycles. The number of benzene rings is 1. The fourth-order valence-corrected chi connectivity index (χ4v) is 4.00. The first-order valence-electron chi connectivity index (χ1n) is 10.9. The topological polar surface area (TPSA) is 85.0 Å². The van der Waals surface area contributed by atoms with E-state index in [-0.39, 0.29) is 30.2 Å². The second kappa shape index (κ2) is 10.5. The number of piperazine rings is 1. The molecule has 164 valence electrons. The van der Waals surface area contributed by atoms with Gasteiger partial charge in [0.2, 0.25) is 17.7 Å². The predicted octanol–water partition coefficient (Wildman–Crippen LogP) is 1.28. The van der Waals surface area contributed by atoms with E-state index in [1.807, 2.05) is 31.2 Å². The van der Waals surface area contributed by atoms with Crippen LogP contribution in [0.1, 0.15) is 33.1 Å². The molecule has 3 amide bonds. The van der Waals surface area contributed by atoms with Gasteiger partial charge in [0.25, 0.3) is 0 Å². The average Bonchev–Trinajstić information content (AvgIpc) is 2.83. The number of carbonyl (C=O) groups is 3. The minimum absolute atomic E-state index is 0.00258. The quantitative estimate of drug-likeness (QED) is 0.656. The number of para-hydroxylation sites is 2. The average molecular weight is 416 g/mol. The van der Waals surface area contributed by atoms with Crippen LogP contribution in [0, 0.1) is 0 Å². The molecule has 0 radical (unpaired) electrons. The molecule has 3 rings (SSSR count). The molecule has 0 spiro atoms. The summed E-state index contributed by atoms with van der Waals surface area (Å²) >= 11 is 0. The van der Waals surface area contributed by atoms with Crippen molar-refractivity contribution < 1.29 is 14.4 Å². The smallest absolute Gasteiger partial charge is 0.241 e. The van der Waals surface area contributed by atoms with E-state index in [9.17, 15) is 14.4 Å². The zero-order valence-electron chi connectivity index (χ0n) is 18.0. The van der Waals surface area contributed by atoms with Crippen LogP contribution in [0.5, 0.6) is 0 Å². The van der Waals surface area contributed by atoms with Gasteiger partial charge in [0.05, 0.1) is 24.5 Å². The Kier molecular flexibility index (Phi) is 7.81. The monoisotopic (exact) mass is 415 g/mol. The van der Waals surface area contributed by atoms with Crippen molar-refractivity contribution in [3.8, 4) is 0 Å². The third kappa shape index (κ3) is 5.79. The SMILES string of the molecule is CCCCNC(=O)CN1CCN(CC(=O)N2c3ccccc3NC(=O)CC2C)CC1. The van der Waals surface area contributed by atoms with Crippen molar-refractivity contribution in [1.29, 1.82) is 0 Å². The molecular formula is C22H33N5O3. The van der Waals surface area contributed by atoms with Crippen molar-refractivity contribution in [3.05, 3.63) is 24.3 Å². The van der Waals surface area contributed by atoms with Gasteiger partial charge >= 0.3 is 0 Å². The molecule has 0 bridgehead atoms. The van der Waals surface area contributed by atoms with Gasteiger partial charge in [-0.25, -0.2) is 0 Å². The van der Waals surface area contributed by atoms with Crippen molar-refractivity contribution in [2.45, 2.75) is 39.2 Å². The van der Waals surface area contributed by atoms with Crippen molar-refractivity contribution in [2.75, 3.05) is 56.0 Å². The van der Waals surface area contributed by atoms with E-state index in [2.05, 4.69) is 27.4 Å². The van der Waals surface area contributed by atoms with Crippen molar-refractivity contribution in [1.82, 2.24) is 15.1 Å². The lowest BCUT2D eigenvalue weighted by molar-refractivity contribution is -0.124. The van der Waals surface area contributed by atoms with E-state index < -0.39 is 0 Å². The number of carbonyl (C=O) groups excluding carboxylic acids is 3. The molecule has 0 aromatic heterocycles. The van der Waals surface area contributed by atoms with Gasteiger partial charge in [-0.2, -0.15) is 0 Å². The van der Waals surface area contributed by atoms with Gasteiger partial charge in [0, 0.05) is 45.2 Å². The van der Waals surface area contributed by atoms with Gasteiger partial charge in [-0.05, 0) is 25.5 Å². The lowest BCUT2D eigenvalue weighted by atomic mass is 10.1.